The van der Waals surface area contributed by atoms with Gasteiger partial charge in [-0.25, -0.2) is 4.98 Å². The summed E-state index contributed by atoms with van der Waals surface area (Å²) in [4.78, 5) is 31.1. The van der Waals surface area contributed by atoms with Gasteiger partial charge in [-0.2, -0.15) is 0 Å². The van der Waals surface area contributed by atoms with Gasteiger partial charge in [0.25, 0.3) is 0 Å². The fourth-order valence-corrected chi connectivity index (χ4v) is 3.50. The van der Waals surface area contributed by atoms with Crippen LogP contribution in [-0.2, 0) is 23.1 Å². The van der Waals surface area contributed by atoms with Gasteiger partial charge in [-0.3, -0.25) is 9.59 Å². The van der Waals surface area contributed by atoms with Crippen LogP contribution >= 0.6 is 0 Å². The molecule has 1 saturated heterocycles. The van der Waals surface area contributed by atoms with Gasteiger partial charge in [0.1, 0.15) is 11.9 Å². The second-order valence-corrected chi connectivity index (χ2v) is 7.34. The zero-order chi connectivity index (χ0) is 18.8. The number of imidazole rings is 1. The molecule has 1 aliphatic carbocycles. The maximum Gasteiger partial charge on any atom is 0.227 e. The van der Waals surface area contributed by atoms with Gasteiger partial charge in [0.2, 0.25) is 11.8 Å². The molecule has 7 heteroatoms. The van der Waals surface area contributed by atoms with E-state index in [0.717, 1.165) is 36.5 Å². The summed E-state index contributed by atoms with van der Waals surface area (Å²) in [5, 5.41) is 6.28. The molecular weight excluding hydrogens is 342 g/mol. The second kappa shape index (κ2) is 7.52. The van der Waals surface area contributed by atoms with Crippen LogP contribution in [0.15, 0.2) is 36.7 Å². The number of aromatic nitrogens is 2. The maximum atomic E-state index is 12.9. The molecule has 1 atom stereocenters. The highest BCUT2D eigenvalue weighted by atomic mass is 16.2. The fraction of sp³-hybridized carbons (Fsp3) is 0.450. The molecule has 1 aliphatic heterocycles. The van der Waals surface area contributed by atoms with Crippen LogP contribution in [0.25, 0.3) is 0 Å². The van der Waals surface area contributed by atoms with Crippen molar-refractivity contribution in [3.05, 3.63) is 48.0 Å². The van der Waals surface area contributed by atoms with Gasteiger partial charge >= 0.3 is 0 Å². The van der Waals surface area contributed by atoms with Crippen molar-refractivity contribution in [3.63, 3.8) is 0 Å². The van der Waals surface area contributed by atoms with Crippen LogP contribution in [0.4, 0.5) is 5.69 Å². The Labute approximate surface area is 158 Å². The minimum atomic E-state index is -0.0525. The van der Waals surface area contributed by atoms with Gasteiger partial charge in [-0.15, -0.1) is 0 Å². The third-order valence-corrected chi connectivity index (χ3v) is 5.25. The first-order valence-corrected chi connectivity index (χ1v) is 9.49. The van der Waals surface area contributed by atoms with Crippen LogP contribution in [-0.4, -0.2) is 45.9 Å². The van der Waals surface area contributed by atoms with E-state index >= 15 is 0 Å². The summed E-state index contributed by atoms with van der Waals surface area (Å²) >= 11 is 0. The molecule has 0 spiro atoms. The smallest absolute Gasteiger partial charge is 0.227 e. The molecule has 2 N–H and O–H groups in total. The molecule has 1 unspecified atom stereocenters. The average molecular weight is 367 g/mol. The number of piperazine rings is 1. The van der Waals surface area contributed by atoms with Crippen molar-refractivity contribution in [2.24, 2.45) is 13.0 Å². The fourth-order valence-electron chi connectivity index (χ4n) is 3.50. The van der Waals surface area contributed by atoms with Crippen LogP contribution in [0.1, 0.15) is 30.3 Å². The Balaban J connectivity index is 1.41. The number of amides is 2. The van der Waals surface area contributed by atoms with Gasteiger partial charge in [0, 0.05) is 50.7 Å². The highest BCUT2D eigenvalue weighted by Crippen LogP contribution is 2.30. The normalized spacial score (nSPS) is 19.7. The van der Waals surface area contributed by atoms with Crippen LogP contribution in [0.2, 0.25) is 0 Å². The van der Waals surface area contributed by atoms with E-state index in [9.17, 15) is 9.59 Å². The number of benzene rings is 1. The van der Waals surface area contributed by atoms with Gasteiger partial charge in [-0.1, -0.05) is 12.1 Å². The summed E-state index contributed by atoms with van der Waals surface area (Å²) in [7, 11) is 1.95. The number of hydrogen-bond acceptors (Lipinski definition) is 4. The number of carbonyl (C=O) groups excluding carboxylic acids is 2. The SMILES string of the molecule is Cn1ccnc1C1CNCCN1C(=O)Cc1ccc(NC(=O)C2CC2)cc1. The number of hydrogen-bond donors (Lipinski definition) is 2. The Morgan fingerprint density at radius 1 is 1.26 bits per heavy atom. The Morgan fingerprint density at radius 3 is 2.70 bits per heavy atom. The molecule has 142 valence electrons. The summed E-state index contributed by atoms with van der Waals surface area (Å²) in [5.41, 5.74) is 1.73. The molecule has 1 aromatic carbocycles. The number of aryl methyl sites for hydroxylation is 1. The average Bonchev–Trinajstić information content (AvgIpc) is 3.45. The number of nitrogens with one attached hydrogen (secondary N) is 2. The first kappa shape index (κ1) is 17.7. The van der Waals surface area contributed by atoms with Crippen molar-refractivity contribution < 1.29 is 9.59 Å². The third kappa shape index (κ3) is 4.03. The van der Waals surface area contributed by atoms with Crippen molar-refractivity contribution >= 4 is 17.5 Å². The number of carbonyl (C=O) groups is 2. The van der Waals surface area contributed by atoms with E-state index in [1.54, 1.807) is 6.20 Å². The van der Waals surface area contributed by atoms with Crippen LogP contribution in [0.5, 0.6) is 0 Å². The topological polar surface area (TPSA) is 79.3 Å². The highest BCUT2D eigenvalue weighted by molar-refractivity contribution is 5.94. The van der Waals surface area contributed by atoms with Crippen LogP contribution in [0.3, 0.4) is 0 Å². The van der Waals surface area contributed by atoms with Crippen molar-refractivity contribution in [2.75, 3.05) is 25.0 Å². The lowest BCUT2D eigenvalue weighted by molar-refractivity contribution is -0.134. The molecule has 1 saturated carbocycles. The lowest BCUT2D eigenvalue weighted by Crippen LogP contribution is -2.49. The van der Waals surface area contributed by atoms with Gasteiger partial charge in [-0.05, 0) is 30.5 Å². The molecule has 0 radical (unpaired) electrons. The van der Waals surface area contributed by atoms with Crippen molar-refractivity contribution in [1.29, 1.82) is 0 Å². The number of anilines is 1. The zero-order valence-electron chi connectivity index (χ0n) is 15.5. The summed E-state index contributed by atoms with van der Waals surface area (Å²) in [6.45, 7) is 2.17. The van der Waals surface area contributed by atoms with Crippen LogP contribution < -0.4 is 10.6 Å². The molecule has 4 rings (SSSR count). The number of rotatable bonds is 5. The lowest BCUT2D eigenvalue weighted by Gasteiger charge is -2.35. The van der Waals surface area contributed by atoms with Gasteiger partial charge < -0.3 is 20.1 Å². The Hall–Kier alpha value is -2.67. The largest absolute Gasteiger partial charge is 0.336 e. The minimum Gasteiger partial charge on any atom is -0.336 e. The Kier molecular flexibility index (Phi) is 4.94. The molecule has 7 nitrogen and oxygen atoms in total. The van der Waals surface area contributed by atoms with E-state index in [4.69, 9.17) is 0 Å². The maximum absolute atomic E-state index is 12.9. The molecular formula is C20H25N5O2. The molecule has 2 heterocycles. The molecule has 2 amide bonds. The minimum absolute atomic E-state index is 0.0525. The molecule has 0 bridgehead atoms. The predicted octanol–water partition coefficient (Wildman–Crippen LogP) is 1.48. The van der Waals surface area contributed by atoms with Crippen molar-refractivity contribution in [1.82, 2.24) is 19.8 Å². The van der Waals surface area contributed by atoms with E-state index in [-0.39, 0.29) is 23.8 Å². The third-order valence-electron chi connectivity index (χ3n) is 5.25. The first-order valence-electron chi connectivity index (χ1n) is 9.49. The van der Waals surface area contributed by atoms with E-state index in [2.05, 4.69) is 15.6 Å². The lowest BCUT2D eigenvalue weighted by atomic mass is 10.1. The van der Waals surface area contributed by atoms with Crippen molar-refractivity contribution in [2.45, 2.75) is 25.3 Å². The second-order valence-electron chi connectivity index (χ2n) is 7.34. The van der Waals surface area contributed by atoms with Crippen molar-refractivity contribution in [3.8, 4) is 0 Å². The standard InChI is InChI=1S/C20H25N5O2/c1-24-10-9-22-19(24)17-13-21-8-11-25(17)18(26)12-14-2-6-16(7-3-14)23-20(27)15-4-5-15/h2-3,6-7,9-10,15,17,21H,4-5,8,11-13H2,1H3,(H,23,27). The van der Waals surface area contributed by atoms with E-state index in [0.29, 0.717) is 19.5 Å². The Morgan fingerprint density at radius 2 is 2.04 bits per heavy atom. The number of nitrogens with zero attached hydrogens (tertiary/aromatic N) is 3. The molecule has 2 aliphatic rings. The van der Waals surface area contributed by atoms with Gasteiger partial charge in [0.05, 0.1) is 6.42 Å². The quantitative estimate of drug-likeness (QED) is 0.839. The zero-order valence-corrected chi connectivity index (χ0v) is 15.5. The monoisotopic (exact) mass is 367 g/mol. The predicted molar refractivity (Wildman–Crippen MR) is 102 cm³/mol. The summed E-state index contributed by atoms with van der Waals surface area (Å²) < 4.78 is 1.97. The molecule has 2 aromatic rings. The molecule has 27 heavy (non-hydrogen) atoms. The highest BCUT2D eigenvalue weighted by Gasteiger charge is 2.31. The Bertz CT molecular complexity index is 825. The van der Waals surface area contributed by atoms with E-state index in [1.165, 1.54) is 0 Å². The van der Waals surface area contributed by atoms with E-state index < -0.39 is 0 Å². The van der Waals surface area contributed by atoms with E-state index in [1.807, 2.05) is 47.0 Å². The summed E-state index contributed by atoms with van der Waals surface area (Å²) in [6, 6.07) is 7.52. The first-order chi connectivity index (χ1) is 13.1. The van der Waals surface area contributed by atoms with Gasteiger partial charge in [0.15, 0.2) is 0 Å². The van der Waals surface area contributed by atoms with Crippen LogP contribution in [0, 0.1) is 5.92 Å². The summed E-state index contributed by atoms with van der Waals surface area (Å²) in [6.07, 6.45) is 5.99. The summed E-state index contributed by atoms with van der Waals surface area (Å²) in [5.74, 6) is 1.27. The molecule has 2 fully saturated rings. The molecule has 1 aromatic heterocycles.